The molecule has 1 amide bonds. The van der Waals surface area contributed by atoms with Crippen LogP contribution in [0.2, 0.25) is 0 Å². The zero-order chi connectivity index (χ0) is 18.3. The van der Waals surface area contributed by atoms with E-state index >= 15 is 0 Å². The van der Waals surface area contributed by atoms with E-state index in [-0.39, 0.29) is 11.9 Å². The van der Waals surface area contributed by atoms with E-state index in [1.807, 2.05) is 38.1 Å². The minimum atomic E-state index is -0.137. The highest BCUT2D eigenvalue weighted by molar-refractivity contribution is 9.10. The van der Waals surface area contributed by atoms with E-state index < -0.39 is 0 Å². The Morgan fingerprint density at radius 3 is 3.04 bits per heavy atom. The molecule has 4 rings (SSSR count). The molecule has 3 heterocycles. The summed E-state index contributed by atoms with van der Waals surface area (Å²) in [6, 6.07) is 7.76. The minimum absolute atomic E-state index is 0.0704. The van der Waals surface area contributed by atoms with Gasteiger partial charge in [-0.05, 0) is 35.3 Å². The number of para-hydroxylation sites is 1. The first-order valence-corrected chi connectivity index (χ1v) is 9.44. The number of halogens is 1. The molecular weight excluding hydrogens is 396 g/mol. The first-order valence-electron chi connectivity index (χ1n) is 8.65. The van der Waals surface area contributed by atoms with Gasteiger partial charge in [-0.3, -0.25) is 4.79 Å². The van der Waals surface area contributed by atoms with Gasteiger partial charge in [0.05, 0.1) is 34.1 Å². The first-order chi connectivity index (χ1) is 12.6. The molecule has 1 N–H and O–H groups in total. The average molecular weight is 415 g/mol. The number of hydrogen-bond acceptors (Lipinski definition) is 4. The number of benzene rings is 1. The lowest BCUT2D eigenvalue weighted by Gasteiger charge is -2.26. The van der Waals surface area contributed by atoms with Crippen LogP contribution >= 0.6 is 15.9 Å². The summed E-state index contributed by atoms with van der Waals surface area (Å²) in [4.78, 5) is 17.4. The summed E-state index contributed by atoms with van der Waals surface area (Å²) < 4.78 is 8.29. The molecule has 6 nitrogen and oxygen atoms in total. The van der Waals surface area contributed by atoms with Gasteiger partial charge in [0.15, 0.2) is 5.65 Å². The number of nitrogens with one attached hydrogen (secondary N) is 1. The predicted molar refractivity (Wildman–Crippen MR) is 102 cm³/mol. The third kappa shape index (κ3) is 2.76. The van der Waals surface area contributed by atoms with Gasteiger partial charge in [0, 0.05) is 18.2 Å². The van der Waals surface area contributed by atoms with Crippen LogP contribution < -0.4 is 10.1 Å². The van der Waals surface area contributed by atoms with Crippen LogP contribution in [0, 0.1) is 6.92 Å². The largest absolute Gasteiger partial charge is 0.493 e. The van der Waals surface area contributed by atoms with E-state index in [9.17, 15) is 4.79 Å². The first kappa shape index (κ1) is 17.0. The Kier molecular flexibility index (Phi) is 4.40. The molecule has 3 aromatic rings. The maximum atomic E-state index is 13.0. The zero-order valence-electron chi connectivity index (χ0n) is 14.6. The van der Waals surface area contributed by atoms with Gasteiger partial charge in [0.25, 0.3) is 5.91 Å². The molecular formula is C19H19BrN4O2. The van der Waals surface area contributed by atoms with Crippen LogP contribution in [-0.4, -0.2) is 27.1 Å². The van der Waals surface area contributed by atoms with Crippen molar-refractivity contribution in [2.24, 2.45) is 0 Å². The highest BCUT2D eigenvalue weighted by Gasteiger charge is 2.25. The Morgan fingerprint density at radius 2 is 2.23 bits per heavy atom. The summed E-state index contributed by atoms with van der Waals surface area (Å²) in [7, 11) is 0. The second kappa shape index (κ2) is 6.72. The van der Waals surface area contributed by atoms with Crippen LogP contribution in [0.1, 0.15) is 46.7 Å². The summed E-state index contributed by atoms with van der Waals surface area (Å²) in [5.74, 6) is 0.696. The van der Waals surface area contributed by atoms with Gasteiger partial charge >= 0.3 is 0 Å². The van der Waals surface area contributed by atoms with Crippen LogP contribution in [0.25, 0.3) is 5.65 Å². The number of aryl methyl sites for hydroxylation is 2. The van der Waals surface area contributed by atoms with E-state index in [1.165, 1.54) is 0 Å². The molecule has 2 aromatic heterocycles. The Morgan fingerprint density at radius 1 is 1.42 bits per heavy atom. The topological polar surface area (TPSA) is 68.5 Å². The highest BCUT2D eigenvalue weighted by atomic mass is 79.9. The van der Waals surface area contributed by atoms with Crippen LogP contribution in [0.4, 0.5) is 0 Å². The van der Waals surface area contributed by atoms with Crippen LogP contribution in [0.5, 0.6) is 5.75 Å². The number of carbonyl (C=O) groups excluding carboxylic acids is 1. The van der Waals surface area contributed by atoms with Crippen molar-refractivity contribution in [3.8, 4) is 5.75 Å². The molecule has 0 saturated heterocycles. The zero-order valence-corrected chi connectivity index (χ0v) is 16.2. The third-order valence-corrected chi connectivity index (χ3v) is 5.62. The lowest BCUT2D eigenvalue weighted by molar-refractivity contribution is 0.0922. The molecule has 0 bridgehead atoms. The summed E-state index contributed by atoms with van der Waals surface area (Å²) in [6.07, 6.45) is 3.06. The summed E-state index contributed by atoms with van der Waals surface area (Å²) in [6.45, 7) is 4.52. The monoisotopic (exact) mass is 414 g/mol. The number of ether oxygens (including phenoxy) is 1. The number of hydrogen-bond donors (Lipinski definition) is 1. The lowest BCUT2D eigenvalue weighted by atomic mass is 10.00. The van der Waals surface area contributed by atoms with Crippen molar-refractivity contribution in [2.45, 2.75) is 32.7 Å². The second-order valence-electron chi connectivity index (χ2n) is 6.31. The van der Waals surface area contributed by atoms with Crippen molar-refractivity contribution in [2.75, 3.05) is 6.61 Å². The van der Waals surface area contributed by atoms with E-state index in [4.69, 9.17) is 4.74 Å². The van der Waals surface area contributed by atoms with Crippen LogP contribution in [-0.2, 0) is 6.42 Å². The number of aromatic nitrogens is 3. The average Bonchev–Trinajstić information content (AvgIpc) is 2.95. The predicted octanol–water partition coefficient (Wildman–Crippen LogP) is 3.62. The molecule has 7 heteroatoms. The molecule has 0 saturated carbocycles. The van der Waals surface area contributed by atoms with Gasteiger partial charge in [0.2, 0.25) is 0 Å². The molecule has 1 aromatic carbocycles. The van der Waals surface area contributed by atoms with Gasteiger partial charge in [-0.25, -0.2) is 9.50 Å². The summed E-state index contributed by atoms with van der Waals surface area (Å²) in [5, 5.41) is 7.66. The maximum Gasteiger partial charge on any atom is 0.255 e. The van der Waals surface area contributed by atoms with Crippen LogP contribution in [0.3, 0.4) is 0 Å². The molecule has 0 unspecified atom stereocenters. The smallest absolute Gasteiger partial charge is 0.255 e. The Hall–Kier alpha value is -2.41. The number of carbonyl (C=O) groups is 1. The van der Waals surface area contributed by atoms with E-state index in [0.717, 1.165) is 39.2 Å². The van der Waals surface area contributed by atoms with Crippen molar-refractivity contribution >= 4 is 27.5 Å². The number of amides is 1. The fourth-order valence-corrected chi connectivity index (χ4v) is 3.72. The summed E-state index contributed by atoms with van der Waals surface area (Å²) >= 11 is 3.51. The lowest BCUT2D eigenvalue weighted by Crippen LogP contribution is -2.33. The number of nitrogens with zero attached hydrogens (tertiary/aromatic N) is 3. The Labute approximate surface area is 159 Å². The van der Waals surface area contributed by atoms with Crippen molar-refractivity contribution in [3.05, 3.63) is 57.4 Å². The van der Waals surface area contributed by atoms with Crippen molar-refractivity contribution in [1.29, 1.82) is 0 Å². The molecule has 0 aliphatic carbocycles. The minimum Gasteiger partial charge on any atom is -0.493 e. The van der Waals surface area contributed by atoms with Gasteiger partial charge < -0.3 is 10.1 Å². The fourth-order valence-electron chi connectivity index (χ4n) is 3.37. The standard InChI is InChI=1S/C19H19BrN4O2/c1-3-15-13(10-21-18-17(20)11(2)23-24(15)18)19(25)22-14-8-9-26-16-7-5-4-6-12(14)16/h4-7,10,14H,3,8-9H2,1-2H3,(H,22,25)/t14-/m0/s1. The molecule has 1 aliphatic rings. The van der Waals surface area contributed by atoms with Crippen LogP contribution in [0.15, 0.2) is 34.9 Å². The quantitative estimate of drug-likeness (QED) is 0.710. The molecule has 1 aliphatic heterocycles. The van der Waals surface area contributed by atoms with E-state index in [2.05, 4.69) is 31.3 Å². The Balaban J connectivity index is 1.69. The van der Waals surface area contributed by atoms with E-state index in [0.29, 0.717) is 18.6 Å². The third-order valence-electron chi connectivity index (χ3n) is 4.69. The molecule has 0 fully saturated rings. The molecule has 134 valence electrons. The molecule has 0 radical (unpaired) electrons. The molecule has 1 atom stereocenters. The number of rotatable bonds is 3. The van der Waals surface area contributed by atoms with Crippen molar-refractivity contribution < 1.29 is 9.53 Å². The normalized spacial score (nSPS) is 16.2. The Bertz CT molecular complexity index is 999. The van der Waals surface area contributed by atoms with E-state index in [1.54, 1.807) is 10.7 Å². The SMILES string of the molecule is CCc1c(C(=O)N[C@H]2CCOc3ccccc32)cnc2c(Br)c(C)nn12. The second-order valence-corrected chi connectivity index (χ2v) is 7.10. The van der Waals surface area contributed by atoms with Gasteiger partial charge in [-0.2, -0.15) is 5.10 Å². The van der Waals surface area contributed by atoms with Gasteiger partial charge in [-0.15, -0.1) is 0 Å². The molecule has 0 spiro atoms. The van der Waals surface area contributed by atoms with Crippen molar-refractivity contribution in [3.63, 3.8) is 0 Å². The fraction of sp³-hybridized carbons (Fsp3) is 0.316. The highest BCUT2D eigenvalue weighted by Crippen LogP contribution is 2.32. The summed E-state index contributed by atoms with van der Waals surface area (Å²) in [5.41, 5.74) is 3.99. The molecule has 26 heavy (non-hydrogen) atoms. The number of fused-ring (bicyclic) bond motifs is 2. The van der Waals surface area contributed by atoms with Gasteiger partial charge in [0.1, 0.15) is 5.75 Å². The van der Waals surface area contributed by atoms with Crippen molar-refractivity contribution in [1.82, 2.24) is 19.9 Å². The van der Waals surface area contributed by atoms with Gasteiger partial charge in [-0.1, -0.05) is 25.1 Å². The maximum absolute atomic E-state index is 13.0.